The second-order valence-electron chi connectivity index (χ2n) is 3.88. The summed E-state index contributed by atoms with van der Waals surface area (Å²) in [6.45, 7) is 0.412. The molecule has 1 aromatic heterocycles. The van der Waals surface area contributed by atoms with E-state index >= 15 is 0 Å². The number of aromatic nitrogens is 2. The van der Waals surface area contributed by atoms with Crippen LogP contribution in [0, 0.1) is 0 Å². The molecule has 0 amide bonds. The van der Waals surface area contributed by atoms with Gasteiger partial charge in [0, 0.05) is 30.8 Å². The largest absolute Gasteiger partial charge is 0.378 e. The van der Waals surface area contributed by atoms with Gasteiger partial charge < -0.3 is 10.1 Å². The second kappa shape index (κ2) is 6.19. The third-order valence-electron chi connectivity index (χ3n) is 2.50. The van der Waals surface area contributed by atoms with Gasteiger partial charge in [0.05, 0.1) is 17.3 Å². The van der Waals surface area contributed by atoms with E-state index in [-0.39, 0.29) is 0 Å². The first-order valence-corrected chi connectivity index (χ1v) is 6.39. The van der Waals surface area contributed by atoms with Crippen LogP contribution in [0.5, 0.6) is 0 Å². The zero-order valence-corrected chi connectivity index (χ0v) is 12.1. The van der Waals surface area contributed by atoms with Gasteiger partial charge in [-0.3, -0.25) is 0 Å². The second-order valence-corrected chi connectivity index (χ2v) is 4.72. The van der Waals surface area contributed by atoms with Gasteiger partial charge >= 0.3 is 0 Å². The van der Waals surface area contributed by atoms with E-state index in [1.807, 2.05) is 6.07 Å². The summed E-state index contributed by atoms with van der Waals surface area (Å²) in [6.07, 6.45) is 0. The number of rotatable bonds is 4. The zero-order valence-electron chi connectivity index (χ0n) is 10.6. The predicted octanol–water partition coefficient (Wildman–Crippen LogP) is 3.64. The minimum Gasteiger partial charge on any atom is -0.378 e. The predicted molar refractivity (Wildman–Crippen MR) is 77.7 cm³/mol. The van der Waals surface area contributed by atoms with Crippen LogP contribution in [0.2, 0.25) is 10.0 Å². The minimum absolute atomic E-state index is 0.412. The first-order valence-electron chi connectivity index (χ1n) is 5.64. The summed E-state index contributed by atoms with van der Waals surface area (Å²) in [4.78, 5) is 8.82. The maximum absolute atomic E-state index is 6.17. The van der Waals surface area contributed by atoms with Crippen molar-refractivity contribution in [1.29, 1.82) is 0 Å². The fourth-order valence-electron chi connectivity index (χ4n) is 1.64. The summed E-state index contributed by atoms with van der Waals surface area (Å²) in [5, 5.41) is 4.09. The van der Waals surface area contributed by atoms with Crippen molar-refractivity contribution in [3.63, 3.8) is 0 Å². The van der Waals surface area contributed by atoms with Crippen molar-refractivity contribution < 1.29 is 4.74 Å². The Kier molecular flexibility index (Phi) is 4.58. The topological polar surface area (TPSA) is 47.0 Å². The van der Waals surface area contributed by atoms with Crippen LogP contribution in [-0.2, 0) is 11.3 Å². The maximum Gasteiger partial charge on any atom is 0.163 e. The first kappa shape index (κ1) is 14.1. The third kappa shape index (κ3) is 3.35. The Morgan fingerprint density at radius 3 is 2.63 bits per heavy atom. The lowest BCUT2D eigenvalue weighted by Gasteiger charge is -2.08. The summed E-state index contributed by atoms with van der Waals surface area (Å²) in [5.74, 6) is 1.25. The molecule has 4 nitrogen and oxygen atoms in total. The molecule has 0 saturated heterocycles. The van der Waals surface area contributed by atoms with E-state index in [4.69, 9.17) is 27.9 Å². The zero-order chi connectivity index (χ0) is 13.8. The van der Waals surface area contributed by atoms with Gasteiger partial charge in [-0.25, -0.2) is 9.97 Å². The number of nitrogens with one attached hydrogen (secondary N) is 1. The number of ether oxygens (including phenoxy) is 1. The van der Waals surface area contributed by atoms with Crippen molar-refractivity contribution in [2.24, 2.45) is 0 Å². The summed E-state index contributed by atoms with van der Waals surface area (Å²) >= 11 is 12.1. The molecule has 19 heavy (non-hydrogen) atoms. The van der Waals surface area contributed by atoms with E-state index in [1.165, 1.54) is 0 Å². The molecule has 0 spiro atoms. The Hall–Kier alpha value is -1.36. The molecule has 1 aromatic carbocycles. The molecule has 0 aliphatic rings. The highest BCUT2D eigenvalue weighted by atomic mass is 35.5. The molecule has 100 valence electrons. The summed E-state index contributed by atoms with van der Waals surface area (Å²) < 4.78 is 5.10. The summed E-state index contributed by atoms with van der Waals surface area (Å²) in [7, 11) is 3.42. The number of anilines is 1. The van der Waals surface area contributed by atoms with Gasteiger partial charge in [-0.1, -0.05) is 23.2 Å². The molecule has 0 fully saturated rings. The van der Waals surface area contributed by atoms with Crippen molar-refractivity contribution in [2.75, 3.05) is 19.5 Å². The van der Waals surface area contributed by atoms with Crippen LogP contribution in [0.1, 0.15) is 5.69 Å². The number of benzene rings is 1. The van der Waals surface area contributed by atoms with E-state index in [0.717, 1.165) is 11.3 Å². The van der Waals surface area contributed by atoms with Crippen LogP contribution in [0.15, 0.2) is 24.3 Å². The van der Waals surface area contributed by atoms with Crippen LogP contribution in [0.25, 0.3) is 11.4 Å². The Bertz CT molecular complexity index is 590. The molecule has 0 unspecified atom stereocenters. The quantitative estimate of drug-likeness (QED) is 0.936. The molecule has 2 aromatic rings. The fourth-order valence-corrected chi connectivity index (χ4v) is 2.13. The van der Waals surface area contributed by atoms with E-state index in [9.17, 15) is 0 Å². The Labute approximate surface area is 121 Å². The van der Waals surface area contributed by atoms with Gasteiger partial charge in [0.15, 0.2) is 5.82 Å². The lowest BCUT2D eigenvalue weighted by molar-refractivity contribution is 0.181. The maximum atomic E-state index is 6.17. The molecule has 0 atom stereocenters. The molecule has 0 aliphatic carbocycles. The van der Waals surface area contributed by atoms with Crippen LogP contribution >= 0.6 is 23.2 Å². The number of hydrogen-bond donors (Lipinski definition) is 1. The standard InChI is InChI=1S/C13H13Cl2N3O/c1-16-12-6-9(7-19-2)17-13(18-12)10-4-3-8(14)5-11(10)15/h3-6H,7H2,1-2H3,(H,16,17,18). The van der Waals surface area contributed by atoms with Crippen LogP contribution in [0.4, 0.5) is 5.82 Å². The van der Waals surface area contributed by atoms with E-state index in [2.05, 4.69) is 15.3 Å². The molecule has 1 N–H and O–H groups in total. The molecule has 0 radical (unpaired) electrons. The Morgan fingerprint density at radius 1 is 1.21 bits per heavy atom. The molecule has 0 aliphatic heterocycles. The average molecular weight is 298 g/mol. The molecule has 0 saturated carbocycles. The lowest BCUT2D eigenvalue weighted by Crippen LogP contribution is -2.02. The first-order chi connectivity index (χ1) is 9.13. The molecule has 0 bridgehead atoms. The van der Waals surface area contributed by atoms with Crippen molar-refractivity contribution in [1.82, 2.24) is 9.97 Å². The third-order valence-corrected chi connectivity index (χ3v) is 3.05. The molecular formula is C13H13Cl2N3O. The highest BCUT2D eigenvalue weighted by Gasteiger charge is 2.10. The molecule has 1 heterocycles. The van der Waals surface area contributed by atoms with Crippen LogP contribution in [0.3, 0.4) is 0 Å². The Balaban J connectivity index is 2.51. The molecular weight excluding hydrogens is 285 g/mol. The highest BCUT2D eigenvalue weighted by Crippen LogP contribution is 2.29. The van der Waals surface area contributed by atoms with Crippen molar-refractivity contribution >= 4 is 29.0 Å². The highest BCUT2D eigenvalue weighted by molar-refractivity contribution is 6.36. The van der Waals surface area contributed by atoms with Crippen molar-refractivity contribution in [2.45, 2.75) is 6.61 Å². The van der Waals surface area contributed by atoms with Gasteiger partial charge in [0.2, 0.25) is 0 Å². The van der Waals surface area contributed by atoms with Gasteiger partial charge in [-0.05, 0) is 18.2 Å². The smallest absolute Gasteiger partial charge is 0.163 e. The van der Waals surface area contributed by atoms with Gasteiger partial charge in [-0.15, -0.1) is 0 Å². The van der Waals surface area contributed by atoms with Crippen molar-refractivity contribution in [3.05, 3.63) is 40.0 Å². The number of methoxy groups -OCH3 is 1. The summed E-state index contributed by atoms with van der Waals surface area (Å²) in [6, 6.07) is 7.06. The van der Waals surface area contributed by atoms with E-state index < -0.39 is 0 Å². The fraction of sp³-hybridized carbons (Fsp3) is 0.231. The Morgan fingerprint density at radius 2 is 2.00 bits per heavy atom. The number of hydrogen-bond acceptors (Lipinski definition) is 4. The van der Waals surface area contributed by atoms with Gasteiger partial charge in [0.25, 0.3) is 0 Å². The lowest BCUT2D eigenvalue weighted by atomic mass is 10.2. The number of nitrogens with zero attached hydrogens (tertiary/aromatic N) is 2. The van der Waals surface area contributed by atoms with Crippen LogP contribution < -0.4 is 5.32 Å². The number of halogens is 2. The minimum atomic E-state index is 0.412. The van der Waals surface area contributed by atoms with Crippen molar-refractivity contribution in [3.8, 4) is 11.4 Å². The van der Waals surface area contributed by atoms with E-state index in [1.54, 1.807) is 32.4 Å². The van der Waals surface area contributed by atoms with Gasteiger partial charge in [-0.2, -0.15) is 0 Å². The van der Waals surface area contributed by atoms with E-state index in [0.29, 0.717) is 28.3 Å². The summed E-state index contributed by atoms with van der Waals surface area (Å²) in [5.41, 5.74) is 1.52. The molecule has 6 heteroatoms. The average Bonchev–Trinajstić information content (AvgIpc) is 2.38. The van der Waals surface area contributed by atoms with Crippen LogP contribution in [-0.4, -0.2) is 24.1 Å². The van der Waals surface area contributed by atoms with Gasteiger partial charge in [0.1, 0.15) is 5.82 Å². The molecule has 2 rings (SSSR count). The normalized spacial score (nSPS) is 10.5. The monoisotopic (exact) mass is 297 g/mol. The SMILES string of the molecule is CNc1cc(COC)nc(-c2ccc(Cl)cc2Cl)n1.